The van der Waals surface area contributed by atoms with E-state index >= 15 is 0 Å². The van der Waals surface area contributed by atoms with Crippen LogP contribution in [0.2, 0.25) is 0 Å². The van der Waals surface area contributed by atoms with Gasteiger partial charge >= 0.3 is 0 Å². The number of ether oxygens (including phenoxy) is 2. The van der Waals surface area contributed by atoms with Crippen molar-refractivity contribution in [3.8, 4) is 34.4 Å². The molecule has 0 amide bonds. The Morgan fingerprint density at radius 1 is 0.941 bits per heavy atom. The molecule has 3 aromatic rings. The minimum absolute atomic E-state index is 0.164. The van der Waals surface area contributed by atoms with Crippen LogP contribution in [0.3, 0.4) is 0 Å². The van der Waals surface area contributed by atoms with Gasteiger partial charge in [-0.1, -0.05) is 13.8 Å². The maximum Gasteiger partial charge on any atom is 0.232 e. The van der Waals surface area contributed by atoms with Gasteiger partial charge in [0.25, 0.3) is 0 Å². The van der Waals surface area contributed by atoms with Crippen LogP contribution in [0.15, 0.2) is 36.7 Å². The number of methoxy groups -OCH3 is 2. The van der Waals surface area contributed by atoms with Crippen molar-refractivity contribution < 1.29 is 9.47 Å². The standard InChI is InChI=1S/C25H31N7O2/c1-25(2)20-10-6-15(28-20)12-21(25)32(3)22-11-9-18(30-31-22)17-8-7-16(24(29-17)34-5)19-13-27-23(33-4)14-26-19/h7-9,11,13-15,20-21,28H,6,10,12H2,1-5H3/t15-,20+,21-/m0/s1. The minimum Gasteiger partial charge on any atom is -0.480 e. The Labute approximate surface area is 200 Å². The van der Waals surface area contributed by atoms with Gasteiger partial charge < -0.3 is 19.7 Å². The van der Waals surface area contributed by atoms with E-state index in [1.54, 1.807) is 26.6 Å². The van der Waals surface area contributed by atoms with E-state index in [4.69, 9.17) is 9.47 Å². The molecule has 178 valence electrons. The van der Waals surface area contributed by atoms with Crippen LogP contribution in [-0.2, 0) is 0 Å². The fraction of sp³-hybridized carbons (Fsp3) is 0.480. The lowest BCUT2D eigenvalue weighted by molar-refractivity contribution is 0.152. The third-order valence-corrected chi connectivity index (χ3v) is 7.41. The van der Waals surface area contributed by atoms with Crippen LogP contribution in [0.1, 0.15) is 33.1 Å². The summed E-state index contributed by atoms with van der Waals surface area (Å²) in [5.41, 5.74) is 2.93. The highest BCUT2D eigenvalue weighted by molar-refractivity contribution is 5.68. The summed E-state index contributed by atoms with van der Waals surface area (Å²) in [4.78, 5) is 15.6. The van der Waals surface area contributed by atoms with Gasteiger partial charge in [-0.2, -0.15) is 0 Å². The van der Waals surface area contributed by atoms with Crippen LogP contribution >= 0.6 is 0 Å². The molecule has 5 rings (SSSR count). The summed E-state index contributed by atoms with van der Waals surface area (Å²) in [6.07, 6.45) is 6.83. The topological polar surface area (TPSA) is 98.2 Å². The van der Waals surface area contributed by atoms with Crippen LogP contribution in [0.25, 0.3) is 22.6 Å². The third-order valence-electron chi connectivity index (χ3n) is 7.41. The molecule has 2 saturated heterocycles. The predicted octanol–water partition coefficient (Wildman–Crippen LogP) is 3.37. The maximum atomic E-state index is 5.54. The third kappa shape index (κ3) is 3.94. The number of rotatable bonds is 6. The van der Waals surface area contributed by atoms with E-state index in [2.05, 4.69) is 56.3 Å². The average molecular weight is 462 g/mol. The molecule has 3 atom stereocenters. The molecule has 1 N–H and O–H groups in total. The number of hydrogen-bond acceptors (Lipinski definition) is 9. The number of hydrogen-bond donors (Lipinski definition) is 1. The normalized spacial score (nSPS) is 22.9. The molecular weight excluding hydrogens is 430 g/mol. The summed E-state index contributed by atoms with van der Waals surface area (Å²) in [6, 6.07) is 9.36. The Morgan fingerprint density at radius 3 is 2.44 bits per heavy atom. The monoisotopic (exact) mass is 461 g/mol. The van der Waals surface area contributed by atoms with Crippen LogP contribution in [0.4, 0.5) is 5.82 Å². The molecule has 5 heterocycles. The second kappa shape index (κ2) is 8.79. The molecule has 0 radical (unpaired) electrons. The first-order chi connectivity index (χ1) is 16.4. The van der Waals surface area contributed by atoms with Crippen molar-refractivity contribution in [3.05, 3.63) is 36.7 Å². The highest BCUT2D eigenvalue weighted by Gasteiger charge is 2.48. The summed E-state index contributed by atoms with van der Waals surface area (Å²) in [5, 5.41) is 12.8. The minimum atomic E-state index is 0.164. The molecule has 0 spiro atoms. The van der Waals surface area contributed by atoms with Crippen molar-refractivity contribution in [1.29, 1.82) is 0 Å². The largest absolute Gasteiger partial charge is 0.480 e. The Balaban J connectivity index is 1.37. The van der Waals surface area contributed by atoms with Crippen LogP contribution in [0, 0.1) is 5.41 Å². The highest BCUT2D eigenvalue weighted by atomic mass is 16.5. The van der Waals surface area contributed by atoms with Crippen molar-refractivity contribution in [2.75, 3.05) is 26.2 Å². The SMILES string of the molecule is COc1cnc(-c2ccc(-c3ccc(N(C)[C@H]4C[C@@H]5CC[C@@H](N5)C4(C)C)nn3)nc2OC)cn1. The van der Waals surface area contributed by atoms with Gasteiger partial charge in [-0.15, -0.1) is 10.2 Å². The summed E-state index contributed by atoms with van der Waals surface area (Å²) in [6.45, 7) is 4.72. The number of fused-ring (bicyclic) bond motifs is 2. The number of nitrogens with one attached hydrogen (secondary N) is 1. The van der Waals surface area contributed by atoms with E-state index in [1.807, 2.05) is 24.3 Å². The first kappa shape index (κ1) is 22.5. The van der Waals surface area contributed by atoms with Crippen LogP contribution < -0.4 is 19.7 Å². The maximum absolute atomic E-state index is 5.54. The van der Waals surface area contributed by atoms with Crippen molar-refractivity contribution in [2.24, 2.45) is 5.41 Å². The second-order valence-corrected chi connectivity index (χ2v) is 9.65. The average Bonchev–Trinajstić information content (AvgIpc) is 3.32. The molecule has 9 nitrogen and oxygen atoms in total. The number of anilines is 1. The van der Waals surface area contributed by atoms with E-state index in [0.29, 0.717) is 47.0 Å². The van der Waals surface area contributed by atoms with Crippen molar-refractivity contribution >= 4 is 5.82 Å². The fourth-order valence-electron chi connectivity index (χ4n) is 5.36. The Bertz CT molecular complexity index is 1150. The molecule has 0 aromatic carbocycles. The van der Waals surface area contributed by atoms with Gasteiger partial charge in [-0.3, -0.25) is 0 Å². The van der Waals surface area contributed by atoms with Gasteiger partial charge in [0, 0.05) is 30.6 Å². The first-order valence-corrected chi connectivity index (χ1v) is 11.6. The van der Waals surface area contributed by atoms with Gasteiger partial charge in [0.2, 0.25) is 11.8 Å². The smallest absolute Gasteiger partial charge is 0.232 e. The molecule has 2 bridgehead atoms. The first-order valence-electron chi connectivity index (χ1n) is 11.6. The zero-order valence-corrected chi connectivity index (χ0v) is 20.3. The number of nitrogens with zero attached hydrogens (tertiary/aromatic N) is 6. The lowest BCUT2D eigenvalue weighted by Gasteiger charge is -2.48. The van der Waals surface area contributed by atoms with Crippen LogP contribution in [-0.4, -0.2) is 64.5 Å². The molecular formula is C25H31N7O2. The second-order valence-electron chi connectivity index (χ2n) is 9.65. The summed E-state index contributed by atoms with van der Waals surface area (Å²) in [7, 11) is 5.28. The zero-order chi connectivity index (χ0) is 23.9. The molecule has 3 aromatic heterocycles. The number of pyridine rings is 1. The molecule has 2 aliphatic rings. The van der Waals surface area contributed by atoms with E-state index < -0.39 is 0 Å². The summed E-state index contributed by atoms with van der Waals surface area (Å²) in [5.74, 6) is 1.78. The summed E-state index contributed by atoms with van der Waals surface area (Å²) < 4.78 is 10.6. The highest BCUT2D eigenvalue weighted by Crippen LogP contribution is 2.43. The Kier molecular flexibility index (Phi) is 5.81. The molecule has 0 unspecified atom stereocenters. The quantitative estimate of drug-likeness (QED) is 0.592. The number of piperidine rings is 1. The molecule has 0 aliphatic carbocycles. The lowest BCUT2D eigenvalue weighted by atomic mass is 9.73. The van der Waals surface area contributed by atoms with E-state index in [-0.39, 0.29) is 5.41 Å². The van der Waals surface area contributed by atoms with Gasteiger partial charge in [-0.25, -0.2) is 15.0 Å². The zero-order valence-electron chi connectivity index (χ0n) is 20.3. The predicted molar refractivity (Wildman–Crippen MR) is 130 cm³/mol. The van der Waals surface area contributed by atoms with E-state index in [9.17, 15) is 0 Å². The van der Waals surface area contributed by atoms with Crippen molar-refractivity contribution in [1.82, 2.24) is 30.5 Å². The molecule has 2 fully saturated rings. The Morgan fingerprint density at radius 2 is 1.76 bits per heavy atom. The number of aromatic nitrogens is 5. The Hall–Kier alpha value is -3.33. The van der Waals surface area contributed by atoms with Gasteiger partial charge in [0.15, 0.2) is 5.82 Å². The van der Waals surface area contributed by atoms with Gasteiger partial charge in [0.05, 0.1) is 43.6 Å². The summed E-state index contributed by atoms with van der Waals surface area (Å²) >= 11 is 0. The fourth-order valence-corrected chi connectivity index (χ4v) is 5.36. The molecule has 2 aliphatic heterocycles. The molecule has 34 heavy (non-hydrogen) atoms. The van der Waals surface area contributed by atoms with E-state index in [0.717, 1.165) is 17.8 Å². The van der Waals surface area contributed by atoms with E-state index in [1.165, 1.54) is 12.8 Å². The molecule has 9 heteroatoms. The van der Waals surface area contributed by atoms with Gasteiger partial charge in [-0.05, 0) is 43.5 Å². The molecule has 0 saturated carbocycles. The van der Waals surface area contributed by atoms with Crippen molar-refractivity contribution in [3.63, 3.8) is 0 Å². The van der Waals surface area contributed by atoms with Crippen molar-refractivity contribution in [2.45, 2.75) is 51.2 Å². The lowest BCUT2D eigenvalue weighted by Crippen LogP contribution is -2.59. The van der Waals surface area contributed by atoms with Gasteiger partial charge in [0.1, 0.15) is 5.69 Å². The van der Waals surface area contributed by atoms with Crippen LogP contribution in [0.5, 0.6) is 11.8 Å².